The summed E-state index contributed by atoms with van der Waals surface area (Å²) in [4.78, 5) is 25.7. The number of aromatic nitrogens is 2. The van der Waals surface area contributed by atoms with E-state index < -0.39 is 58.0 Å². The van der Waals surface area contributed by atoms with Crippen LogP contribution >= 0.6 is 0 Å². The molecule has 1 aromatic heterocycles. The zero-order valence-electron chi connectivity index (χ0n) is 17.1. The molecular formula is C20H12F6N4O5. The number of rotatable bonds is 5. The highest BCUT2D eigenvalue weighted by Gasteiger charge is 2.37. The Kier molecular flexibility index (Phi) is 5.78. The minimum absolute atomic E-state index is 0.0618. The summed E-state index contributed by atoms with van der Waals surface area (Å²) in [6, 6.07) is 6.24. The van der Waals surface area contributed by atoms with Gasteiger partial charge in [0.1, 0.15) is 0 Å². The smallest absolute Gasteiger partial charge is 0.433 e. The number of anilines is 2. The van der Waals surface area contributed by atoms with Crippen molar-refractivity contribution in [3.05, 3.63) is 79.8 Å². The van der Waals surface area contributed by atoms with Gasteiger partial charge in [-0.15, -0.1) is 0 Å². The molecule has 0 atom stereocenters. The summed E-state index contributed by atoms with van der Waals surface area (Å²) >= 11 is 0. The number of nitro benzene ring substituents is 1. The lowest BCUT2D eigenvalue weighted by atomic mass is 10.1. The first kappa shape index (κ1) is 23.8. The maximum Gasteiger partial charge on any atom is 0.433 e. The van der Waals surface area contributed by atoms with E-state index in [0.29, 0.717) is 27.7 Å². The molecular weight excluding hydrogens is 490 g/mol. The molecule has 0 saturated heterocycles. The lowest BCUT2D eigenvalue weighted by Crippen LogP contribution is -2.27. The van der Waals surface area contributed by atoms with Crippen LogP contribution in [0.5, 0.6) is 11.5 Å². The maximum absolute atomic E-state index is 13.6. The van der Waals surface area contributed by atoms with E-state index in [2.05, 4.69) is 10.3 Å². The first-order valence-corrected chi connectivity index (χ1v) is 9.53. The van der Waals surface area contributed by atoms with Gasteiger partial charge in [-0.1, -0.05) is 6.07 Å². The first-order valence-electron chi connectivity index (χ1n) is 9.53. The minimum Gasteiger partial charge on any atom is -0.454 e. The number of fused-ring (bicyclic) bond motifs is 1. The highest BCUT2D eigenvalue weighted by atomic mass is 19.4. The van der Waals surface area contributed by atoms with Crippen LogP contribution in [0, 0.1) is 10.1 Å². The summed E-state index contributed by atoms with van der Waals surface area (Å²) in [5.41, 5.74) is -5.76. The zero-order valence-corrected chi connectivity index (χ0v) is 17.1. The molecule has 4 rings (SSSR count). The Balaban J connectivity index is 1.82. The molecule has 0 spiro atoms. The molecule has 2 aromatic carbocycles. The fraction of sp³-hybridized carbons (Fsp3) is 0.200. The summed E-state index contributed by atoms with van der Waals surface area (Å²) < 4.78 is 91.6. The van der Waals surface area contributed by atoms with Gasteiger partial charge in [-0.25, -0.2) is 4.98 Å². The summed E-state index contributed by atoms with van der Waals surface area (Å²) in [6.07, 6.45) is -10.2. The van der Waals surface area contributed by atoms with Gasteiger partial charge >= 0.3 is 12.4 Å². The quantitative estimate of drug-likeness (QED) is 0.306. The third-order valence-corrected chi connectivity index (χ3v) is 4.84. The van der Waals surface area contributed by atoms with E-state index in [1.165, 1.54) is 18.2 Å². The SMILES string of the molecule is O=c1cc(C(F)(F)F)nc(Nc2ccc([N+](=O)[O-])cc2C(F)(F)F)n1Cc1ccc2c(c1)OCO2. The zero-order chi connectivity index (χ0) is 25.5. The second-order valence-corrected chi connectivity index (χ2v) is 7.18. The third-order valence-electron chi connectivity index (χ3n) is 4.84. The van der Waals surface area contributed by atoms with Gasteiger partial charge in [-0.2, -0.15) is 26.3 Å². The van der Waals surface area contributed by atoms with Gasteiger partial charge in [0.25, 0.3) is 11.2 Å². The van der Waals surface area contributed by atoms with Crippen LogP contribution in [0.3, 0.4) is 0 Å². The predicted molar refractivity (Wildman–Crippen MR) is 107 cm³/mol. The van der Waals surface area contributed by atoms with E-state index >= 15 is 0 Å². The van der Waals surface area contributed by atoms with Crippen molar-refractivity contribution in [3.8, 4) is 11.5 Å². The Bertz CT molecular complexity index is 1370. The van der Waals surface area contributed by atoms with Gasteiger partial charge in [0.05, 0.1) is 22.7 Å². The normalized spacial score (nSPS) is 13.1. The number of nitrogens with zero attached hydrogens (tertiary/aromatic N) is 3. The number of benzene rings is 2. The van der Waals surface area contributed by atoms with Crippen molar-refractivity contribution in [2.75, 3.05) is 12.1 Å². The molecule has 1 aliphatic rings. The molecule has 2 heterocycles. The van der Waals surface area contributed by atoms with Crippen LogP contribution in [-0.4, -0.2) is 21.3 Å². The van der Waals surface area contributed by atoms with E-state index in [0.717, 1.165) is 6.07 Å². The van der Waals surface area contributed by atoms with Crippen molar-refractivity contribution in [2.24, 2.45) is 0 Å². The highest BCUT2D eigenvalue weighted by molar-refractivity contribution is 5.63. The molecule has 0 aliphatic carbocycles. The van der Waals surface area contributed by atoms with E-state index in [1.54, 1.807) is 0 Å². The Labute approximate surface area is 190 Å². The highest BCUT2D eigenvalue weighted by Crippen LogP contribution is 2.38. The van der Waals surface area contributed by atoms with Crippen LogP contribution in [-0.2, 0) is 18.9 Å². The molecule has 3 aromatic rings. The Morgan fingerprint density at radius 2 is 1.71 bits per heavy atom. The number of ether oxygens (including phenoxy) is 2. The van der Waals surface area contributed by atoms with Gasteiger partial charge in [0.15, 0.2) is 17.2 Å². The maximum atomic E-state index is 13.6. The second-order valence-electron chi connectivity index (χ2n) is 7.18. The fourth-order valence-corrected chi connectivity index (χ4v) is 3.23. The first-order chi connectivity index (χ1) is 16.3. The average molecular weight is 502 g/mol. The number of nitro groups is 1. The summed E-state index contributed by atoms with van der Waals surface area (Å²) in [6.45, 7) is -0.453. The van der Waals surface area contributed by atoms with Crippen molar-refractivity contribution in [1.29, 1.82) is 0 Å². The van der Waals surface area contributed by atoms with Crippen molar-refractivity contribution in [1.82, 2.24) is 9.55 Å². The molecule has 0 bridgehead atoms. The van der Waals surface area contributed by atoms with Crippen LogP contribution < -0.4 is 20.3 Å². The Morgan fingerprint density at radius 3 is 2.37 bits per heavy atom. The van der Waals surface area contributed by atoms with Crippen molar-refractivity contribution in [3.63, 3.8) is 0 Å². The average Bonchev–Trinajstić information content (AvgIpc) is 3.22. The molecule has 0 radical (unpaired) electrons. The van der Waals surface area contributed by atoms with Crippen molar-refractivity contribution < 1.29 is 40.7 Å². The van der Waals surface area contributed by atoms with Crippen LogP contribution in [0.2, 0.25) is 0 Å². The number of halogens is 6. The molecule has 0 unspecified atom stereocenters. The van der Waals surface area contributed by atoms with E-state index in [-0.39, 0.29) is 18.9 Å². The summed E-state index contributed by atoms with van der Waals surface area (Å²) in [5, 5.41) is 13.0. The van der Waals surface area contributed by atoms with E-state index in [1.807, 2.05) is 0 Å². The van der Waals surface area contributed by atoms with Gasteiger partial charge in [0, 0.05) is 18.2 Å². The van der Waals surface area contributed by atoms with E-state index in [9.17, 15) is 41.3 Å². The summed E-state index contributed by atoms with van der Waals surface area (Å²) in [7, 11) is 0. The number of non-ortho nitro benzene ring substituents is 1. The van der Waals surface area contributed by atoms with Gasteiger partial charge < -0.3 is 14.8 Å². The lowest BCUT2D eigenvalue weighted by molar-refractivity contribution is -0.385. The Morgan fingerprint density at radius 1 is 1.00 bits per heavy atom. The second kappa shape index (κ2) is 8.48. The molecule has 184 valence electrons. The van der Waals surface area contributed by atoms with Crippen LogP contribution in [0.4, 0.5) is 43.7 Å². The van der Waals surface area contributed by atoms with Gasteiger partial charge in [-0.3, -0.25) is 19.5 Å². The van der Waals surface area contributed by atoms with Crippen LogP contribution in [0.1, 0.15) is 16.8 Å². The molecule has 1 aliphatic heterocycles. The molecule has 9 nitrogen and oxygen atoms in total. The molecule has 0 fully saturated rings. The molecule has 15 heteroatoms. The topological polar surface area (TPSA) is 109 Å². The van der Waals surface area contributed by atoms with Gasteiger partial charge in [0.2, 0.25) is 12.7 Å². The minimum atomic E-state index is -5.11. The number of hydrogen-bond donors (Lipinski definition) is 1. The largest absolute Gasteiger partial charge is 0.454 e. The number of alkyl halides is 6. The fourth-order valence-electron chi connectivity index (χ4n) is 3.23. The summed E-state index contributed by atoms with van der Waals surface area (Å²) in [5.74, 6) is -0.160. The number of nitrogens with one attached hydrogen (secondary N) is 1. The lowest BCUT2D eigenvalue weighted by Gasteiger charge is -2.18. The third kappa shape index (κ3) is 4.97. The predicted octanol–water partition coefficient (Wildman–Crippen LogP) is 4.71. The van der Waals surface area contributed by atoms with Gasteiger partial charge in [-0.05, 0) is 23.8 Å². The van der Waals surface area contributed by atoms with Crippen molar-refractivity contribution >= 4 is 17.3 Å². The Hall–Kier alpha value is -4.30. The number of hydrogen-bond acceptors (Lipinski definition) is 7. The molecule has 0 saturated carbocycles. The standard InChI is InChI=1S/C20H12F6N4O5/c21-19(22,23)12-6-11(30(32)33)2-3-13(12)27-18-28-16(20(24,25)26)7-17(31)29(18)8-10-1-4-14-15(5-10)35-9-34-14/h1-7H,8-9H2,(H,27,28). The molecule has 35 heavy (non-hydrogen) atoms. The van der Waals surface area contributed by atoms with Crippen LogP contribution in [0.15, 0.2) is 47.3 Å². The van der Waals surface area contributed by atoms with Crippen molar-refractivity contribution in [2.45, 2.75) is 18.9 Å². The molecule has 0 amide bonds. The monoisotopic (exact) mass is 502 g/mol. The molecule has 1 N–H and O–H groups in total. The van der Waals surface area contributed by atoms with E-state index in [4.69, 9.17) is 9.47 Å². The van der Waals surface area contributed by atoms with Crippen LogP contribution in [0.25, 0.3) is 0 Å².